The van der Waals surface area contributed by atoms with Gasteiger partial charge >= 0.3 is 0 Å². The Morgan fingerprint density at radius 2 is 1.75 bits per heavy atom. The Bertz CT molecular complexity index is 1190. The van der Waals surface area contributed by atoms with Gasteiger partial charge in [-0.05, 0) is 60.5 Å². The lowest BCUT2D eigenvalue weighted by atomic mass is 10.1. The molecule has 1 amide bonds. The van der Waals surface area contributed by atoms with Gasteiger partial charge in [0.15, 0.2) is 15.8 Å². The second-order valence-corrected chi connectivity index (χ2v) is 8.85. The lowest BCUT2D eigenvalue weighted by Gasteiger charge is -2.14. The maximum Gasteiger partial charge on any atom is 0.270 e. The molecular weight excluding hydrogens is 445 g/mol. The van der Waals surface area contributed by atoms with Gasteiger partial charge in [0.2, 0.25) is 0 Å². The summed E-state index contributed by atoms with van der Waals surface area (Å²) >= 11 is 6.58. The Labute approximate surface area is 195 Å². The van der Waals surface area contributed by atoms with Crippen LogP contribution in [0.1, 0.15) is 16.7 Å². The van der Waals surface area contributed by atoms with Crippen molar-refractivity contribution >= 4 is 46.0 Å². The third-order valence-corrected chi connectivity index (χ3v) is 6.18. The third kappa shape index (κ3) is 4.84. The monoisotopic (exact) mass is 465 g/mol. The first kappa shape index (κ1) is 22.0. The maximum atomic E-state index is 13.2. The first-order valence-electron chi connectivity index (χ1n) is 9.84. The van der Waals surface area contributed by atoms with E-state index in [0.717, 1.165) is 11.1 Å². The Hall–Kier alpha value is -3.16. The van der Waals surface area contributed by atoms with E-state index < -0.39 is 0 Å². The molecule has 1 fully saturated rings. The molecular formula is C25H20FNO3S2. The summed E-state index contributed by atoms with van der Waals surface area (Å²) in [5.74, 6) is 0.570. The molecule has 0 spiro atoms. The summed E-state index contributed by atoms with van der Waals surface area (Å²) in [6.45, 7) is 2.46. The van der Waals surface area contributed by atoms with E-state index in [1.54, 1.807) is 13.2 Å². The highest BCUT2D eigenvalue weighted by Crippen LogP contribution is 2.37. The average Bonchev–Trinajstić information content (AvgIpc) is 3.07. The van der Waals surface area contributed by atoms with Crippen LogP contribution in [0.25, 0.3) is 6.08 Å². The van der Waals surface area contributed by atoms with E-state index in [1.165, 1.54) is 46.5 Å². The van der Waals surface area contributed by atoms with Crippen LogP contribution in [-0.4, -0.2) is 17.3 Å². The van der Waals surface area contributed by atoms with Crippen molar-refractivity contribution in [3.63, 3.8) is 0 Å². The van der Waals surface area contributed by atoms with E-state index in [2.05, 4.69) is 0 Å². The molecule has 4 nitrogen and oxygen atoms in total. The molecule has 0 unspecified atom stereocenters. The molecule has 1 aliphatic heterocycles. The van der Waals surface area contributed by atoms with E-state index in [9.17, 15) is 9.18 Å². The minimum atomic E-state index is -0.369. The molecule has 1 heterocycles. The summed E-state index contributed by atoms with van der Waals surface area (Å²) in [7, 11) is 1.58. The number of rotatable bonds is 6. The van der Waals surface area contributed by atoms with Crippen LogP contribution in [0, 0.1) is 12.7 Å². The van der Waals surface area contributed by atoms with Gasteiger partial charge < -0.3 is 9.47 Å². The van der Waals surface area contributed by atoms with Crippen LogP contribution in [0.5, 0.6) is 11.5 Å². The fourth-order valence-corrected chi connectivity index (χ4v) is 4.47. The van der Waals surface area contributed by atoms with Gasteiger partial charge in [0.05, 0.1) is 17.7 Å². The van der Waals surface area contributed by atoms with Crippen LogP contribution >= 0.6 is 24.0 Å². The van der Waals surface area contributed by atoms with Gasteiger partial charge in [-0.15, -0.1) is 0 Å². The second-order valence-electron chi connectivity index (χ2n) is 7.18. The summed E-state index contributed by atoms with van der Waals surface area (Å²) in [6.07, 6.45) is 1.76. The largest absolute Gasteiger partial charge is 0.493 e. The fourth-order valence-electron chi connectivity index (χ4n) is 3.17. The summed E-state index contributed by atoms with van der Waals surface area (Å²) < 4.78 is 25.0. The smallest absolute Gasteiger partial charge is 0.270 e. The molecule has 0 radical (unpaired) electrons. The summed E-state index contributed by atoms with van der Waals surface area (Å²) in [6, 6.07) is 19.3. The van der Waals surface area contributed by atoms with Crippen molar-refractivity contribution in [2.45, 2.75) is 13.5 Å². The van der Waals surface area contributed by atoms with Crippen LogP contribution < -0.4 is 14.4 Å². The first-order chi connectivity index (χ1) is 15.4. The number of benzene rings is 3. The standard InChI is InChI=1S/C25H20FNO3S2/c1-16-3-5-17(6-4-16)15-30-21-12-7-18(13-22(21)29-2)14-23-24(28)27(25(31)32-23)20-10-8-19(26)9-11-20/h3-14H,15H2,1-2H3/b23-14-. The number of amides is 1. The van der Waals surface area contributed by atoms with Crippen LogP contribution in [0.2, 0.25) is 0 Å². The van der Waals surface area contributed by atoms with Gasteiger partial charge in [0, 0.05) is 0 Å². The number of nitrogens with zero attached hydrogens (tertiary/aromatic N) is 1. The fraction of sp³-hybridized carbons (Fsp3) is 0.120. The highest BCUT2D eigenvalue weighted by Gasteiger charge is 2.33. The SMILES string of the molecule is COc1cc(/C=C2\SC(=S)N(c3ccc(F)cc3)C2=O)ccc1OCc1ccc(C)cc1. The molecule has 1 saturated heterocycles. The highest BCUT2D eigenvalue weighted by molar-refractivity contribution is 8.27. The lowest BCUT2D eigenvalue weighted by molar-refractivity contribution is -0.113. The number of methoxy groups -OCH3 is 1. The van der Waals surface area contributed by atoms with E-state index in [0.29, 0.717) is 33.0 Å². The molecule has 3 aromatic carbocycles. The molecule has 32 heavy (non-hydrogen) atoms. The molecule has 7 heteroatoms. The van der Waals surface area contributed by atoms with Crippen molar-refractivity contribution in [3.8, 4) is 11.5 Å². The number of hydrogen-bond donors (Lipinski definition) is 0. The van der Waals surface area contributed by atoms with Crippen LogP contribution in [-0.2, 0) is 11.4 Å². The number of anilines is 1. The third-order valence-electron chi connectivity index (χ3n) is 4.88. The minimum absolute atomic E-state index is 0.245. The lowest BCUT2D eigenvalue weighted by Crippen LogP contribution is -2.27. The normalized spacial score (nSPS) is 14.8. The molecule has 3 aromatic rings. The number of carbonyl (C=O) groups is 1. The topological polar surface area (TPSA) is 38.8 Å². The van der Waals surface area contributed by atoms with Crippen molar-refractivity contribution in [3.05, 3.63) is 94.1 Å². The van der Waals surface area contributed by atoms with Gasteiger partial charge in [-0.3, -0.25) is 9.69 Å². The number of halogens is 1. The van der Waals surface area contributed by atoms with Crippen LogP contribution in [0.15, 0.2) is 71.6 Å². The van der Waals surface area contributed by atoms with Gasteiger partial charge in [-0.25, -0.2) is 4.39 Å². The Morgan fingerprint density at radius 1 is 1.03 bits per heavy atom. The van der Waals surface area contributed by atoms with Crippen molar-refractivity contribution in [2.24, 2.45) is 0 Å². The molecule has 1 aliphatic rings. The zero-order valence-electron chi connectivity index (χ0n) is 17.5. The van der Waals surface area contributed by atoms with Crippen molar-refractivity contribution in [2.75, 3.05) is 12.0 Å². The average molecular weight is 466 g/mol. The van der Waals surface area contributed by atoms with E-state index >= 15 is 0 Å². The van der Waals surface area contributed by atoms with Crippen LogP contribution in [0.3, 0.4) is 0 Å². The van der Waals surface area contributed by atoms with Gasteiger partial charge in [-0.1, -0.05) is 59.9 Å². The van der Waals surface area contributed by atoms with Crippen molar-refractivity contribution in [1.82, 2.24) is 0 Å². The zero-order chi connectivity index (χ0) is 22.7. The number of thioether (sulfide) groups is 1. The van der Waals surface area contributed by atoms with E-state index in [-0.39, 0.29) is 11.7 Å². The number of carbonyl (C=O) groups excluding carboxylic acids is 1. The number of hydrogen-bond acceptors (Lipinski definition) is 5. The maximum absolute atomic E-state index is 13.2. The number of thiocarbonyl (C=S) groups is 1. The van der Waals surface area contributed by atoms with E-state index in [1.807, 2.05) is 49.4 Å². The van der Waals surface area contributed by atoms with Crippen LogP contribution in [0.4, 0.5) is 10.1 Å². The minimum Gasteiger partial charge on any atom is -0.493 e. The highest BCUT2D eigenvalue weighted by atomic mass is 32.2. The van der Waals surface area contributed by atoms with E-state index in [4.69, 9.17) is 21.7 Å². The predicted molar refractivity (Wildman–Crippen MR) is 131 cm³/mol. The molecule has 0 saturated carbocycles. The Balaban J connectivity index is 1.52. The van der Waals surface area contributed by atoms with Crippen molar-refractivity contribution < 1.29 is 18.7 Å². The Kier molecular flexibility index (Phi) is 6.58. The molecule has 0 atom stereocenters. The molecule has 0 aromatic heterocycles. The molecule has 0 bridgehead atoms. The molecule has 0 aliphatic carbocycles. The Morgan fingerprint density at radius 3 is 2.44 bits per heavy atom. The van der Waals surface area contributed by atoms with Gasteiger partial charge in [0.1, 0.15) is 12.4 Å². The second kappa shape index (κ2) is 9.54. The molecule has 4 rings (SSSR count). The molecule has 162 valence electrons. The van der Waals surface area contributed by atoms with Gasteiger partial charge in [-0.2, -0.15) is 0 Å². The molecule has 0 N–H and O–H groups in total. The number of ether oxygens (including phenoxy) is 2. The van der Waals surface area contributed by atoms with Crippen molar-refractivity contribution in [1.29, 1.82) is 0 Å². The van der Waals surface area contributed by atoms with Gasteiger partial charge in [0.25, 0.3) is 5.91 Å². The summed E-state index contributed by atoms with van der Waals surface area (Å²) in [4.78, 5) is 14.8. The first-order valence-corrected chi connectivity index (χ1v) is 11.1. The zero-order valence-corrected chi connectivity index (χ0v) is 19.1. The summed E-state index contributed by atoms with van der Waals surface area (Å²) in [5, 5.41) is 0. The summed E-state index contributed by atoms with van der Waals surface area (Å²) in [5.41, 5.74) is 3.57. The predicted octanol–water partition coefficient (Wildman–Crippen LogP) is 6.13. The quantitative estimate of drug-likeness (QED) is 0.324. The number of aryl methyl sites for hydroxylation is 1.